The number of carbonyl (C=O) groups is 1. The highest BCUT2D eigenvalue weighted by atomic mass is 32.2. The number of thiophene rings is 1. The topological polar surface area (TPSA) is 108 Å². The van der Waals surface area contributed by atoms with Gasteiger partial charge in [0.15, 0.2) is 0 Å². The summed E-state index contributed by atoms with van der Waals surface area (Å²) in [5.41, 5.74) is 0.722. The molecule has 3 N–H and O–H groups in total. The fourth-order valence-corrected chi connectivity index (χ4v) is 3.94. The first-order valence-electron chi connectivity index (χ1n) is 7.38. The van der Waals surface area contributed by atoms with Gasteiger partial charge in [0.2, 0.25) is 10.0 Å². The summed E-state index contributed by atoms with van der Waals surface area (Å²) >= 11 is 1.35. The van der Waals surface area contributed by atoms with E-state index in [1.54, 1.807) is 18.2 Å². The van der Waals surface area contributed by atoms with Gasteiger partial charge in [0.25, 0.3) is 5.91 Å². The minimum atomic E-state index is -3.89. The number of rotatable bonds is 7. The van der Waals surface area contributed by atoms with Gasteiger partial charge in [-0.2, -0.15) is 0 Å². The number of nitrogens with one attached hydrogen (secondary N) is 1. The van der Waals surface area contributed by atoms with Crippen LogP contribution in [-0.4, -0.2) is 35.1 Å². The quantitative estimate of drug-likeness (QED) is 0.755. The summed E-state index contributed by atoms with van der Waals surface area (Å²) in [5.74, 6) is 0.505. The zero-order valence-corrected chi connectivity index (χ0v) is 15.8. The molecule has 2 aromatic rings. The van der Waals surface area contributed by atoms with E-state index < -0.39 is 10.0 Å². The van der Waals surface area contributed by atoms with E-state index in [-0.39, 0.29) is 16.6 Å². The van der Waals surface area contributed by atoms with E-state index in [0.29, 0.717) is 23.6 Å². The van der Waals surface area contributed by atoms with Gasteiger partial charge in [0, 0.05) is 11.4 Å². The van der Waals surface area contributed by atoms with Gasteiger partial charge in [-0.3, -0.25) is 4.79 Å². The highest BCUT2D eigenvalue weighted by molar-refractivity contribution is 7.89. The van der Waals surface area contributed by atoms with Gasteiger partial charge in [0.1, 0.15) is 21.3 Å². The second kappa shape index (κ2) is 7.85. The Labute approximate surface area is 150 Å². The fraction of sp³-hybridized carbons (Fsp3) is 0.312. The average Bonchev–Trinajstić information content (AvgIpc) is 2.95. The predicted octanol–water partition coefficient (Wildman–Crippen LogP) is 1.69. The van der Waals surface area contributed by atoms with Gasteiger partial charge in [-0.15, -0.1) is 11.3 Å². The molecule has 1 amide bonds. The molecule has 0 atom stereocenters. The number of carbonyl (C=O) groups excluding carboxylic acids is 1. The number of methoxy groups -OCH3 is 2. The van der Waals surface area contributed by atoms with E-state index >= 15 is 0 Å². The summed E-state index contributed by atoms with van der Waals surface area (Å²) in [6.07, 6.45) is 0.449. The molecule has 0 aliphatic heterocycles. The Morgan fingerprint density at radius 2 is 1.88 bits per heavy atom. The lowest BCUT2D eigenvalue weighted by atomic mass is 10.1. The molecule has 0 aliphatic rings. The average molecular weight is 384 g/mol. The lowest BCUT2D eigenvalue weighted by molar-refractivity contribution is 0.0955. The Hall–Kier alpha value is -2.10. The Balaban J connectivity index is 2.05. The van der Waals surface area contributed by atoms with Crippen LogP contribution in [0.4, 0.5) is 0 Å². The molecule has 1 aromatic carbocycles. The summed E-state index contributed by atoms with van der Waals surface area (Å²) in [4.78, 5) is 13.7. The molecule has 9 heteroatoms. The monoisotopic (exact) mass is 384 g/mol. The number of benzene rings is 1. The normalized spacial score (nSPS) is 11.2. The van der Waals surface area contributed by atoms with Crippen LogP contribution in [0.3, 0.4) is 0 Å². The van der Waals surface area contributed by atoms with Crippen LogP contribution in [0, 0.1) is 6.92 Å². The summed E-state index contributed by atoms with van der Waals surface area (Å²) in [6, 6.07) is 6.54. The first-order valence-corrected chi connectivity index (χ1v) is 9.75. The number of hydrogen-bond donors (Lipinski definition) is 2. The van der Waals surface area contributed by atoms with Crippen LogP contribution in [0.25, 0.3) is 0 Å². The van der Waals surface area contributed by atoms with Crippen LogP contribution in [0.1, 0.15) is 20.1 Å². The minimum Gasteiger partial charge on any atom is -0.495 e. The molecule has 1 heterocycles. The Kier molecular flexibility index (Phi) is 6.04. The van der Waals surface area contributed by atoms with Crippen molar-refractivity contribution in [3.05, 3.63) is 39.6 Å². The van der Waals surface area contributed by atoms with E-state index in [0.717, 1.165) is 10.4 Å². The third-order valence-corrected chi connectivity index (χ3v) is 5.44. The van der Waals surface area contributed by atoms with E-state index in [1.807, 2.05) is 6.92 Å². The van der Waals surface area contributed by atoms with Gasteiger partial charge >= 0.3 is 0 Å². The molecule has 0 saturated carbocycles. The Morgan fingerprint density at radius 3 is 2.48 bits per heavy atom. The van der Waals surface area contributed by atoms with Crippen LogP contribution >= 0.6 is 11.3 Å². The highest BCUT2D eigenvalue weighted by Crippen LogP contribution is 2.28. The first kappa shape index (κ1) is 19.2. The third-order valence-electron chi connectivity index (χ3n) is 3.48. The van der Waals surface area contributed by atoms with Crippen molar-refractivity contribution < 1.29 is 22.7 Å². The maximum absolute atomic E-state index is 12.2. The number of aryl methyl sites for hydroxylation is 1. The number of sulfonamides is 1. The van der Waals surface area contributed by atoms with Gasteiger partial charge in [-0.05, 0) is 37.1 Å². The number of ether oxygens (including phenoxy) is 2. The summed E-state index contributed by atoms with van der Waals surface area (Å²) in [6.45, 7) is 2.24. The Bertz CT molecular complexity index is 875. The SMILES string of the molecule is COc1ccc(CCNC(=O)c2sc(C)cc2OC)cc1S(N)(=O)=O. The maximum atomic E-state index is 12.2. The molecule has 0 spiro atoms. The zero-order chi connectivity index (χ0) is 18.6. The van der Waals surface area contributed by atoms with Crippen molar-refractivity contribution in [2.75, 3.05) is 20.8 Å². The minimum absolute atomic E-state index is 0.0747. The molecule has 25 heavy (non-hydrogen) atoms. The molecule has 1 aromatic heterocycles. The fourth-order valence-electron chi connectivity index (χ4n) is 2.30. The summed E-state index contributed by atoms with van der Waals surface area (Å²) in [5, 5.41) is 8.00. The standard InChI is InChI=1S/C16H20N2O5S2/c1-10-8-13(23-3)15(24-10)16(19)18-7-6-11-4-5-12(22-2)14(9-11)25(17,20)21/h4-5,8-9H,6-7H2,1-3H3,(H,18,19)(H2,17,20,21). The van der Waals surface area contributed by atoms with Crippen molar-refractivity contribution in [1.82, 2.24) is 5.32 Å². The van der Waals surface area contributed by atoms with Crippen LogP contribution < -0.4 is 19.9 Å². The van der Waals surface area contributed by atoms with Crippen LogP contribution in [0.5, 0.6) is 11.5 Å². The highest BCUT2D eigenvalue weighted by Gasteiger charge is 2.17. The van der Waals surface area contributed by atoms with E-state index in [4.69, 9.17) is 14.6 Å². The van der Waals surface area contributed by atoms with E-state index in [9.17, 15) is 13.2 Å². The summed E-state index contributed by atoms with van der Waals surface area (Å²) in [7, 11) is -0.992. The molecule has 136 valence electrons. The number of nitrogens with two attached hydrogens (primary N) is 1. The molecular weight excluding hydrogens is 364 g/mol. The van der Waals surface area contributed by atoms with Crippen molar-refractivity contribution in [3.8, 4) is 11.5 Å². The lowest BCUT2D eigenvalue weighted by Crippen LogP contribution is -2.25. The largest absolute Gasteiger partial charge is 0.495 e. The van der Waals surface area contributed by atoms with Crippen LogP contribution in [0.2, 0.25) is 0 Å². The second-order valence-electron chi connectivity index (χ2n) is 5.29. The van der Waals surface area contributed by atoms with Crippen molar-refractivity contribution >= 4 is 27.3 Å². The van der Waals surface area contributed by atoms with Crippen molar-refractivity contribution in [3.63, 3.8) is 0 Å². The molecule has 0 radical (unpaired) electrons. The first-order chi connectivity index (χ1) is 11.8. The molecule has 7 nitrogen and oxygen atoms in total. The van der Waals surface area contributed by atoms with Crippen molar-refractivity contribution in [2.45, 2.75) is 18.2 Å². The molecule has 2 rings (SSSR count). The number of primary sulfonamides is 1. The second-order valence-corrected chi connectivity index (χ2v) is 8.08. The number of hydrogen-bond acceptors (Lipinski definition) is 6. The van der Waals surface area contributed by atoms with Crippen LogP contribution in [0.15, 0.2) is 29.2 Å². The summed E-state index contributed by atoms with van der Waals surface area (Å²) < 4.78 is 33.4. The Morgan fingerprint density at radius 1 is 1.20 bits per heavy atom. The van der Waals surface area contributed by atoms with Crippen LogP contribution in [-0.2, 0) is 16.4 Å². The molecular formula is C16H20N2O5S2. The van der Waals surface area contributed by atoms with E-state index in [2.05, 4.69) is 5.32 Å². The molecule has 0 bridgehead atoms. The van der Waals surface area contributed by atoms with Gasteiger partial charge < -0.3 is 14.8 Å². The smallest absolute Gasteiger partial charge is 0.265 e. The van der Waals surface area contributed by atoms with Gasteiger partial charge in [-0.1, -0.05) is 6.07 Å². The molecule has 0 saturated heterocycles. The van der Waals surface area contributed by atoms with Gasteiger partial charge in [-0.25, -0.2) is 13.6 Å². The maximum Gasteiger partial charge on any atom is 0.265 e. The zero-order valence-electron chi connectivity index (χ0n) is 14.2. The van der Waals surface area contributed by atoms with E-state index in [1.165, 1.54) is 31.6 Å². The van der Waals surface area contributed by atoms with Crippen molar-refractivity contribution in [2.24, 2.45) is 5.14 Å². The van der Waals surface area contributed by atoms with Gasteiger partial charge in [0.05, 0.1) is 14.2 Å². The predicted molar refractivity (Wildman–Crippen MR) is 96.0 cm³/mol. The molecule has 0 aliphatic carbocycles. The number of amides is 1. The third kappa shape index (κ3) is 4.71. The molecule has 0 fully saturated rings. The molecule has 0 unspecified atom stereocenters. The van der Waals surface area contributed by atoms with Crippen molar-refractivity contribution in [1.29, 1.82) is 0 Å². The lowest BCUT2D eigenvalue weighted by Gasteiger charge is -2.10.